The first-order valence-corrected chi connectivity index (χ1v) is 7.68. The summed E-state index contributed by atoms with van der Waals surface area (Å²) >= 11 is 0. The molecule has 1 aromatic heterocycles. The van der Waals surface area contributed by atoms with Crippen LogP contribution in [0.4, 0.5) is 0 Å². The molecule has 1 saturated heterocycles. The Hall–Kier alpha value is -0.910. The largest absolute Gasteiger partial charge is 0.392 e. The van der Waals surface area contributed by atoms with E-state index in [4.69, 9.17) is 0 Å². The van der Waals surface area contributed by atoms with Crippen molar-refractivity contribution in [1.29, 1.82) is 0 Å². The number of aliphatic hydroxyl groups is 1. The lowest BCUT2D eigenvalue weighted by Crippen LogP contribution is -2.35. The van der Waals surface area contributed by atoms with Crippen LogP contribution in [0.15, 0.2) is 0 Å². The molecule has 2 atom stereocenters. The second kappa shape index (κ2) is 6.70. The van der Waals surface area contributed by atoms with Crippen LogP contribution in [-0.2, 0) is 26.4 Å². The Morgan fingerprint density at radius 3 is 2.70 bits per heavy atom. The molecular formula is C15H28N4O. The van der Waals surface area contributed by atoms with E-state index in [-0.39, 0.29) is 6.10 Å². The zero-order chi connectivity index (χ0) is 14.7. The maximum atomic E-state index is 9.58. The molecule has 1 fully saturated rings. The van der Waals surface area contributed by atoms with E-state index in [2.05, 4.69) is 36.2 Å². The normalized spacial score (nSPS) is 22.9. The van der Waals surface area contributed by atoms with Crippen molar-refractivity contribution in [3.63, 3.8) is 0 Å². The number of hydrogen-bond donors (Lipinski definition) is 2. The van der Waals surface area contributed by atoms with Crippen molar-refractivity contribution in [2.75, 3.05) is 20.1 Å². The Morgan fingerprint density at radius 2 is 2.15 bits per heavy atom. The van der Waals surface area contributed by atoms with Gasteiger partial charge in [0, 0.05) is 44.0 Å². The van der Waals surface area contributed by atoms with Crippen LogP contribution in [0.2, 0.25) is 0 Å². The molecule has 5 heteroatoms. The minimum absolute atomic E-state index is 0.177. The highest BCUT2D eigenvalue weighted by Crippen LogP contribution is 2.18. The predicted octanol–water partition coefficient (Wildman–Crippen LogP) is 0.700. The third-order valence-electron chi connectivity index (χ3n) is 4.19. The molecule has 1 aliphatic rings. The average Bonchev–Trinajstić information content (AvgIpc) is 2.93. The van der Waals surface area contributed by atoms with E-state index < -0.39 is 0 Å². The van der Waals surface area contributed by atoms with Crippen LogP contribution in [0.1, 0.15) is 37.2 Å². The zero-order valence-corrected chi connectivity index (χ0v) is 13.2. The number of rotatable bonds is 6. The molecule has 114 valence electrons. The second-order valence-electron chi connectivity index (χ2n) is 5.89. The Balaban J connectivity index is 2.01. The van der Waals surface area contributed by atoms with E-state index >= 15 is 0 Å². The molecule has 1 aliphatic heterocycles. The molecule has 5 nitrogen and oxygen atoms in total. The number of nitrogens with one attached hydrogen (secondary N) is 1. The molecule has 0 bridgehead atoms. The van der Waals surface area contributed by atoms with Crippen molar-refractivity contribution >= 4 is 0 Å². The molecule has 2 heterocycles. The summed E-state index contributed by atoms with van der Waals surface area (Å²) in [5.74, 6) is 0. The number of β-amino-alcohol motifs (C(OH)–C–C–N with tert-alkyl or cyclic N) is 1. The van der Waals surface area contributed by atoms with Gasteiger partial charge in [-0.2, -0.15) is 5.10 Å². The van der Waals surface area contributed by atoms with Crippen molar-refractivity contribution in [2.24, 2.45) is 7.05 Å². The highest BCUT2D eigenvalue weighted by atomic mass is 16.3. The van der Waals surface area contributed by atoms with Crippen LogP contribution in [-0.4, -0.2) is 52.1 Å². The van der Waals surface area contributed by atoms with E-state index in [0.29, 0.717) is 6.04 Å². The summed E-state index contributed by atoms with van der Waals surface area (Å²) in [6.07, 6.45) is 2.69. The van der Waals surface area contributed by atoms with Crippen molar-refractivity contribution in [2.45, 2.75) is 51.8 Å². The van der Waals surface area contributed by atoms with Crippen LogP contribution in [0.25, 0.3) is 0 Å². The monoisotopic (exact) mass is 280 g/mol. The molecule has 0 saturated carbocycles. The summed E-state index contributed by atoms with van der Waals surface area (Å²) in [4.78, 5) is 2.34. The van der Waals surface area contributed by atoms with E-state index in [1.165, 1.54) is 17.0 Å². The Morgan fingerprint density at radius 1 is 1.40 bits per heavy atom. The van der Waals surface area contributed by atoms with Gasteiger partial charge in [-0.15, -0.1) is 0 Å². The first-order chi connectivity index (χ1) is 9.55. The fourth-order valence-electron chi connectivity index (χ4n) is 3.22. The minimum Gasteiger partial charge on any atom is -0.392 e. The maximum Gasteiger partial charge on any atom is 0.0680 e. The van der Waals surface area contributed by atoms with Crippen molar-refractivity contribution in [1.82, 2.24) is 20.0 Å². The summed E-state index contributed by atoms with van der Waals surface area (Å²) in [6.45, 7) is 6.99. The van der Waals surface area contributed by atoms with Gasteiger partial charge in [-0.25, -0.2) is 0 Å². The lowest BCUT2D eigenvalue weighted by Gasteiger charge is -2.21. The smallest absolute Gasteiger partial charge is 0.0680 e. The van der Waals surface area contributed by atoms with E-state index in [9.17, 15) is 5.11 Å². The third-order valence-corrected chi connectivity index (χ3v) is 4.19. The van der Waals surface area contributed by atoms with Crippen LogP contribution >= 0.6 is 0 Å². The van der Waals surface area contributed by atoms with Crippen LogP contribution in [0.3, 0.4) is 0 Å². The Bertz CT molecular complexity index is 443. The Labute approximate surface area is 122 Å². The van der Waals surface area contributed by atoms with Crippen molar-refractivity contribution < 1.29 is 5.11 Å². The molecule has 2 rings (SSSR count). The molecule has 0 radical (unpaired) electrons. The van der Waals surface area contributed by atoms with Crippen LogP contribution < -0.4 is 5.32 Å². The summed E-state index contributed by atoms with van der Waals surface area (Å²) < 4.78 is 2.03. The van der Waals surface area contributed by atoms with Gasteiger partial charge in [0.05, 0.1) is 11.8 Å². The number of likely N-dealkylation sites (N-methyl/N-ethyl adjacent to an activating group) is 1. The molecular weight excluding hydrogens is 252 g/mol. The predicted molar refractivity (Wildman–Crippen MR) is 80.7 cm³/mol. The summed E-state index contributed by atoms with van der Waals surface area (Å²) in [5, 5.41) is 17.6. The minimum atomic E-state index is -0.177. The summed E-state index contributed by atoms with van der Waals surface area (Å²) in [7, 11) is 4.19. The van der Waals surface area contributed by atoms with E-state index in [1.54, 1.807) is 0 Å². The molecule has 0 amide bonds. The highest BCUT2D eigenvalue weighted by Gasteiger charge is 2.24. The van der Waals surface area contributed by atoms with Gasteiger partial charge >= 0.3 is 0 Å². The van der Waals surface area contributed by atoms with E-state index in [1.807, 2.05) is 11.7 Å². The topological polar surface area (TPSA) is 53.3 Å². The summed E-state index contributed by atoms with van der Waals surface area (Å²) in [6, 6.07) is 0.404. The number of aromatic nitrogens is 2. The quantitative estimate of drug-likeness (QED) is 0.805. The molecule has 0 spiro atoms. The molecule has 20 heavy (non-hydrogen) atoms. The van der Waals surface area contributed by atoms with Crippen molar-refractivity contribution in [3.05, 3.63) is 17.0 Å². The molecule has 2 N–H and O–H groups in total. The highest BCUT2D eigenvalue weighted by molar-refractivity contribution is 5.26. The average molecular weight is 280 g/mol. The van der Waals surface area contributed by atoms with Gasteiger partial charge in [0.25, 0.3) is 0 Å². The van der Waals surface area contributed by atoms with E-state index in [0.717, 1.165) is 38.9 Å². The number of aliphatic hydroxyl groups excluding tert-OH is 1. The first-order valence-electron chi connectivity index (χ1n) is 7.68. The van der Waals surface area contributed by atoms with Crippen molar-refractivity contribution in [3.8, 4) is 0 Å². The van der Waals surface area contributed by atoms with Gasteiger partial charge in [-0.3, -0.25) is 4.68 Å². The molecule has 0 aromatic carbocycles. The van der Waals surface area contributed by atoms with Crippen LogP contribution in [0.5, 0.6) is 0 Å². The van der Waals surface area contributed by atoms with Gasteiger partial charge in [0.2, 0.25) is 0 Å². The SMILES string of the molecule is CCc1nn(C)c(CC)c1CN(C)C[C@@H]1C[C@@H](O)CN1. The number of aryl methyl sites for hydroxylation is 2. The van der Waals surface area contributed by atoms with Gasteiger partial charge in [-0.05, 0) is 26.3 Å². The molecule has 1 aromatic rings. The first kappa shape index (κ1) is 15.5. The fraction of sp³-hybridized carbons (Fsp3) is 0.800. The third kappa shape index (κ3) is 3.40. The molecule has 0 aliphatic carbocycles. The number of hydrogen-bond acceptors (Lipinski definition) is 4. The van der Waals surface area contributed by atoms with Gasteiger partial charge in [0.15, 0.2) is 0 Å². The second-order valence-corrected chi connectivity index (χ2v) is 5.89. The van der Waals surface area contributed by atoms with Gasteiger partial charge in [0.1, 0.15) is 0 Å². The van der Waals surface area contributed by atoms with Gasteiger partial charge < -0.3 is 15.3 Å². The van der Waals surface area contributed by atoms with Crippen LogP contribution in [0, 0.1) is 0 Å². The number of nitrogens with zero attached hydrogens (tertiary/aromatic N) is 3. The standard InChI is InChI=1S/C15H28N4O/c1-5-14-13(15(6-2)19(4)17-14)10-18(3)9-11-7-12(20)8-16-11/h11-12,16,20H,5-10H2,1-4H3/t11-,12+/m0/s1. The summed E-state index contributed by atoms with van der Waals surface area (Å²) in [5.41, 5.74) is 3.95. The lowest BCUT2D eigenvalue weighted by molar-refractivity contribution is 0.189. The lowest BCUT2D eigenvalue weighted by atomic mass is 10.1. The fourth-order valence-corrected chi connectivity index (χ4v) is 3.22. The maximum absolute atomic E-state index is 9.58. The zero-order valence-electron chi connectivity index (χ0n) is 13.2. The van der Waals surface area contributed by atoms with Gasteiger partial charge in [-0.1, -0.05) is 13.8 Å². The molecule has 0 unspecified atom stereocenters. The Kier molecular flexibility index (Phi) is 5.18.